The van der Waals surface area contributed by atoms with Crippen LogP contribution in [-0.4, -0.2) is 17.6 Å². The highest BCUT2D eigenvalue weighted by Gasteiger charge is 2.51. The van der Waals surface area contributed by atoms with Gasteiger partial charge in [0.2, 0.25) is 0 Å². The van der Waals surface area contributed by atoms with Crippen LogP contribution < -0.4 is 5.26 Å². The molecule has 10 heteroatoms. The Kier molecular flexibility index (Phi) is 4.98. The lowest BCUT2D eigenvalue weighted by Gasteiger charge is -2.20. The molecule has 0 rings (SSSR count). The molecule has 0 spiro atoms. The van der Waals surface area contributed by atoms with Gasteiger partial charge in [-0.3, -0.25) is 5.04 Å². The molecule has 0 aromatic rings. The van der Waals surface area contributed by atoms with Crippen LogP contribution in [0.5, 0.6) is 0 Å². The fraction of sp³-hybridized carbons (Fsp3) is 1.00. The van der Waals surface area contributed by atoms with Crippen molar-refractivity contribution in [3.63, 3.8) is 0 Å². The zero-order chi connectivity index (χ0) is 11.4. The Labute approximate surface area is 78.0 Å². The normalized spacial score (nSPS) is 13.7. The molecule has 0 aliphatic heterocycles. The van der Waals surface area contributed by atoms with E-state index in [1.165, 1.54) is 0 Å². The smallest absolute Gasteiger partial charge is 0.326 e. The van der Waals surface area contributed by atoms with Gasteiger partial charge in [0.05, 0.1) is 6.42 Å². The lowest BCUT2D eigenvalue weighted by atomic mass is 10.2. The first-order chi connectivity index (χ1) is 6.21. The van der Waals surface area contributed by atoms with E-state index in [9.17, 15) is 26.3 Å². The third-order valence-corrected chi connectivity index (χ3v) is 1.46. The van der Waals surface area contributed by atoms with E-state index < -0.39 is 36.1 Å². The first-order valence-corrected chi connectivity index (χ1v) is 3.63. The molecule has 0 aliphatic carbocycles. The molecule has 0 atom stereocenters. The minimum Gasteiger partial charge on any atom is -0.691 e. The number of rotatable bonds is 6. The monoisotopic (exact) mass is 245 g/mol. The number of alkyl halides is 6. The zero-order valence-corrected chi connectivity index (χ0v) is 7.00. The lowest BCUT2D eigenvalue weighted by molar-refractivity contribution is -0.777. The third kappa shape index (κ3) is 4.88. The highest BCUT2D eigenvalue weighted by atomic mass is 32.2. The van der Waals surface area contributed by atoms with Crippen LogP contribution in [0.2, 0.25) is 0 Å². The summed E-state index contributed by atoms with van der Waals surface area (Å²) < 4.78 is 74.6. The van der Waals surface area contributed by atoms with Crippen molar-refractivity contribution >= 4 is 12.0 Å². The average molecular weight is 245 g/mol. The van der Waals surface area contributed by atoms with E-state index in [2.05, 4.69) is 9.37 Å². The van der Waals surface area contributed by atoms with E-state index in [-0.39, 0.29) is 0 Å². The summed E-state index contributed by atoms with van der Waals surface area (Å²) in [5.41, 5.74) is 0. The predicted molar refractivity (Wildman–Crippen MR) is 30.3 cm³/mol. The summed E-state index contributed by atoms with van der Waals surface area (Å²) in [7, 11) is 0. The van der Waals surface area contributed by atoms with Gasteiger partial charge in [0.15, 0.2) is 0 Å². The van der Waals surface area contributed by atoms with Crippen LogP contribution in [-0.2, 0) is 9.37 Å². The first-order valence-electron chi connectivity index (χ1n) is 2.89. The number of hydrogen-bond donors (Lipinski definition) is 0. The first kappa shape index (κ1) is 13.8. The quantitative estimate of drug-likeness (QED) is 0.309. The molecule has 0 aromatic heterocycles. The van der Waals surface area contributed by atoms with Crippen molar-refractivity contribution in [2.45, 2.75) is 24.0 Å². The van der Waals surface area contributed by atoms with Crippen molar-refractivity contribution in [3.8, 4) is 0 Å². The van der Waals surface area contributed by atoms with E-state index in [4.69, 9.17) is 5.26 Å². The molecule has 0 aromatic carbocycles. The van der Waals surface area contributed by atoms with E-state index in [0.717, 1.165) is 0 Å². The minimum absolute atomic E-state index is 1.06. The van der Waals surface area contributed by atoms with E-state index in [1.54, 1.807) is 0 Å². The second-order valence-corrected chi connectivity index (χ2v) is 3.00. The molecule has 0 fully saturated rings. The molecule has 0 bridgehead atoms. The van der Waals surface area contributed by atoms with Crippen LogP contribution in [0.25, 0.3) is 0 Å². The second-order valence-electron chi connectivity index (χ2n) is 2.10. The molecular weight excluding hydrogens is 242 g/mol. The van der Waals surface area contributed by atoms with Crippen LogP contribution >= 0.6 is 12.0 Å². The Bertz CT molecular complexity index is 176. The van der Waals surface area contributed by atoms with Crippen molar-refractivity contribution in [2.24, 2.45) is 0 Å². The van der Waals surface area contributed by atoms with Gasteiger partial charge < -0.3 is 5.26 Å². The summed E-state index contributed by atoms with van der Waals surface area (Å²) in [4.78, 5) is 0. The van der Waals surface area contributed by atoms with Gasteiger partial charge in [-0.25, -0.2) is 8.78 Å². The molecule has 3 nitrogen and oxygen atoms in total. The summed E-state index contributed by atoms with van der Waals surface area (Å²) in [6, 6.07) is 0. The van der Waals surface area contributed by atoms with Crippen LogP contribution in [0.4, 0.5) is 26.3 Å². The molecule has 14 heavy (non-hydrogen) atoms. The van der Waals surface area contributed by atoms with Gasteiger partial charge >= 0.3 is 17.6 Å². The molecular formula is C4H3F6O3S-. The van der Waals surface area contributed by atoms with Crippen LogP contribution in [0, 0.1) is 0 Å². The summed E-state index contributed by atoms with van der Waals surface area (Å²) in [6.45, 7) is 0. The molecule has 0 heterocycles. The Hall–Kier alpha value is -0.190. The van der Waals surface area contributed by atoms with Gasteiger partial charge in [-0.1, -0.05) is 0 Å². The molecule has 0 radical (unpaired) electrons. The summed E-state index contributed by atoms with van der Waals surface area (Å²) >= 11 is -1.06. The standard InChI is InChI=1S/C4H4F6O3S/c5-2(6)3(7,8)1-4(9,10)14-13-12-11/h2,11H,1H2/p-1. The van der Waals surface area contributed by atoms with E-state index >= 15 is 0 Å². The zero-order valence-electron chi connectivity index (χ0n) is 6.19. The van der Waals surface area contributed by atoms with Gasteiger partial charge in [0, 0.05) is 0 Å². The molecule has 0 saturated carbocycles. The molecule has 0 saturated heterocycles. The van der Waals surface area contributed by atoms with Crippen molar-refractivity contribution in [1.82, 2.24) is 0 Å². The van der Waals surface area contributed by atoms with Crippen molar-refractivity contribution in [1.29, 1.82) is 0 Å². The maximum absolute atomic E-state index is 12.3. The van der Waals surface area contributed by atoms with Gasteiger partial charge in [0.1, 0.15) is 12.0 Å². The van der Waals surface area contributed by atoms with Gasteiger partial charge in [-0.15, -0.1) is 0 Å². The fourth-order valence-electron chi connectivity index (χ4n) is 0.445. The van der Waals surface area contributed by atoms with Crippen LogP contribution in [0.1, 0.15) is 6.42 Å². The van der Waals surface area contributed by atoms with Crippen LogP contribution in [0.15, 0.2) is 0 Å². The average Bonchev–Trinajstić information content (AvgIpc) is 1.99. The maximum Gasteiger partial charge on any atom is 0.326 e. The second kappa shape index (κ2) is 5.05. The van der Waals surface area contributed by atoms with Crippen molar-refractivity contribution in [2.75, 3.05) is 0 Å². The summed E-state index contributed by atoms with van der Waals surface area (Å²) in [6.07, 6.45) is -6.67. The topological polar surface area (TPSA) is 41.5 Å². The van der Waals surface area contributed by atoms with Crippen LogP contribution in [0.3, 0.4) is 0 Å². The predicted octanol–water partition coefficient (Wildman–Crippen LogP) is 1.74. The molecule has 86 valence electrons. The largest absolute Gasteiger partial charge is 0.691 e. The van der Waals surface area contributed by atoms with Gasteiger partial charge in [-0.05, 0) is 0 Å². The SMILES string of the molecule is [O-]OOSC(F)(F)CC(F)(F)C(F)F. The van der Waals surface area contributed by atoms with Gasteiger partial charge in [0.25, 0.3) is 0 Å². The summed E-state index contributed by atoms with van der Waals surface area (Å²) in [5, 5.41) is 7.17. The summed E-state index contributed by atoms with van der Waals surface area (Å²) in [5.74, 6) is -4.86. The Balaban J connectivity index is 4.19. The highest BCUT2D eigenvalue weighted by molar-refractivity contribution is 7.95. The maximum atomic E-state index is 12.3. The molecule has 0 amide bonds. The van der Waals surface area contributed by atoms with E-state index in [0.29, 0.717) is 0 Å². The molecule has 0 unspecified atom stereocenters. The Morgan fingerprint density at radius 1 is 1.21 bits per heavy atom. The van der Waals surface area contributed by atoms with E-state index in [1.807, 2.05) is 0 Å². The molecule has 0 N–H and O–H groups in total. The van der Waals surface area contributed by atoms with Crippen molar-refractivity contribution in [3.05, 3.63) is 0 Å². The molecule has 0 aliphatic rings. The third-order valence-electron chi connectivity index (χ3n) is 0.944. The van der Waals surface area contributed by atoms with Crippen molar-refractivity contribution < 1.29 is 41.0 Å². The Morgan fingerprint density at radius 2 is 1.71 bits per heavy atom. The minimum atomic E-state index is -4.86. The fourth-order valence-corrected chi connectivity index (χ4v) is 0.823. The highest BCUT2D eigenvalue weighted by Crippen LogP contribution is 2.41. The number of halogens is 6. The van der Waals surface area contributed by atoms with Gasteiger partial charge in [-0.2, -0.15) is 21.9 Å². The number of hydrogen-bond acceptors (Lipinski definition) is 4. The Morgan fingerprint density at radius 3 is 2.07 bits per heavy atom. The lowest BCUT2D eigenvalue weighted by Crippen LogP contribution is -2.33.